The number of nitrogens with zero attached hydrogens (tertiary/aromatic N) is 1. The number of rotatable bonds is 5. The highest BCUT2D eigenvalue weighted by molar-refractivity contribution is 6.28. The smallest absolute Gasteiger partial charge is 0.360 e. The molecule has 0 unspecified atom stereocenters. The Kier molecular flexibility index (Phi) is 4.81. The van der Waals surface area contributed by atoms with Crippen LogP contribution in [-0.2, 0) is 4.79 Å². The van der Waals surface area contributed by atoms with Crippen molar-refractivity contribution in [2.75, 3.05) is 0 Å². The van der Waals surface area contributed by atoms with Gasteiger partial charge in [0, 0.05) is 0 Å². The molecule has 1 N–H and O–H groups in total. The van der Waals surface area contributed by atoms with Crippen LogP contribution in [0.1, 0.15) is 5.56 Å². The fourth-order valence-electron chi connectivity index (χ4n) is 1.54. The number of alkyl halides is 1. The van der Waals surface area contributed by atoms with Crippen LogP contribution in [0.4, 0.5) is 4.39 Å². The lowest BCUT2D eigenvalue weighted by atomic mass is 10.2. The Labute approximate surface area is 130 Å². The number of benzene rings is 2. The lowest BCUT2D eigenvalue weighted by Gasteiger charge is -2.10. The van der Waals surface area contributed by atoms with Gasteiger partial charge in [-0.25, -0.2) is 9.18 Å². The quantitative estimate of drug-likeness (QED) is 0.852. The summed E-state index contributed by atoms with van der Waals surface area (Å²) in [6.45, 7) is 0. The molecule has 0 aliphatic rings. The third-order valence-corrected chi connectivity index (χ3v) is 2.82. The first-order valence-electron chi connectivity index (χ1n) is 6.00. The average Bonchev–Trinajstić information content (AvgIpc) is 2.51. The molecule has 0 aliphatic carbocycles. The van der Waals surface area contributed by atoms with E-state index in [2.05, 4.69) is 0 Å². The van der Waals surface area contributed by atoms with Crippen LogP contribution >= 0.6 is 11.6 Å². The molecule has 0 radical (unpaired) electrons. The second-order valence-corrected chi connectivity index (χ2v) is 4.50. The molecule has 2 aromatic carbocycles. The van der Waals surface area contributed by atoms with E-state index in [1.807, 2.05) is 6.07 Å². The summed E-state index contributed by atoms with van der Waals surface area (Å²) in [5.74, 6) is -1.45. The standard InChI is InChI=1S/C15H9ClFNO4/c16-14(15(19)20)22-11-4-2-10(3-5-11)21-13-6-1-9(8-18)7-12(13)17/h1-7,14H,(H,19,20)/t14-/m0/s1. The van der Waals surface area contributed by atoms with Crippen molar-refractivity contribution in [3.63, 3.8) is 0 Å². The van der Waals surface area contributed by atoms with Crippen molar-refractivity contribution in [1.82, 2.24) is 0 Å². The Morgan fingerprint density at radius 2 is 1.86 bits per heavy atom. The minimum absolute atomic E-state index is 0.0339. The molecule has 0 aliphatic heterocycles. The lowest BCUT2D eigenvalue weighted by molar-refractivity contribution is -0.141. The summed E-state index contributed by atoms with van der Waals surface area (Å²) in [6.07, 6.45) is 0. The van der Waals surface area contributed by atoms with Crippen LogP contribution in [0.5, 0.6) is 17.2 Å². The number of carbonyl (C=O) groups is 1. The largest absolute Gasteiger partial charge is 0.478 e. The fourth-order valence-corrected chi connectivity index (χ4v) is 1.64. The van der Waals surface area contributed by atoms with Gasteiger partial charge in [-0.3, -0.25) is 0 Å². The van der Waals surface area contributed by atoms with Crippen LogP contribution in [0.2, 0.25) is 0 Å². The lowest BCUT2D eigenvalue weighted by Crippen LogP contribution is -2.20. The molecular weight excluding hydrogens is 313 g/mol. The molecule has 112 valence electrons. The fraction of sp³-hybridized carbons (Fsp3) is 0.0667. The van der Waals surface area contributed by atoms with Crippen LogP contribution < -0.4 is 9.47 Å². The number of carboxylic acid groups (broad SMARTS) is 1. The highest BCUT2D eigenvalue weighted by Crippen LogP contribution is 2.27. The minimum atomic E-state index is -1.50. The zero-order chi connectivity index (χ0) is 16.1. The molecule has 0 fully saturated rings. The molecule has 0 spiro atoms. The average molecular weight is 322 g/mol. The van der Waals surface area contributed by atoms with Gasteiger partial charge in [0.2, 0.25) is 0 Å². The number of ether oxygens (including phenoxy) is 2. The molecular formula is C15H9ClFNO4. The predicted octanol–water partition coefficient (Wildman–Crippen LogP) is 3.52. The Morgan fingerprint density at radius 1 is 1.23 bits per heavy atom. The molecule has 0 aromatic heterocycles. The highest BCUT2D eigenvalue weighted by Gasteiger charge is 2.15. The Bertz CT molecular complexity index is 727. The van der Waals surface area contributed by atoms with Gasteiger partial charge in [-0.05, 0) is 42.5 Å². The summed E-state index contributed by atoms with van der Waals surface area (Å²) >= 11 is 5.44. The van der Waals surface area contributed by atoms with E-state index < -0.39 is 17.3 Å². The number of halogens is 2. The molecule has 0 heterocycles. The van der Waals surface area contributed by atoms with Gasteiger partial charge >= 0.3 is 5.97 Å². The van der Waals surface area contributed by atoms with Gasteiger partial charge in [-0.2, -0.15) is 5.26 Å². The van der Waals surface area contributed by atoms with Gasteiger partial charge < -0.3 is 14.6 Å². The Morgan fingerprint density at radius 3 is 2.41 bits per heavy atom. The van der Waals surface area contributed by atoms with Crippen molar-refractivity contribution in [3.8, 4) is 23.3 Å². The molecule has 0 bridgehead atoms. The van der Waals surface area contributed by atoms with E-state index in [1.54, 1.807) is 0 Å². The second-order valence-electron chi connectivity index (χ2n) is 4.10. The third-order valence-electron chi connectivity index (χ3n) is 2.55. The molecule has 2 aromatic rings. The minimum Gasteiger partial charge on any atom is -0.478 e. The maximum atomic E-state index is 13.7. The van der Waals surface area contributed by atoms with E-state index in [0.29, 0.717) is 5.75 Å². The van der Waals surface area contributed by atoms with E-state index in [1.165, 1.54) is 36.4 Å². The van der Waals surface area contributed by atoms with Crippen LogP contribution in [0, 0.1) is 17.1 Å². The van der Waals surface area contributed by atoms with Crippen molar-refractivity contribution in [1.29, 1.82) is 5.26 Å². The summed E-state index contributed by atoms with van der Waals surface area (Å²) in [7, 11) is 0. The summed E-state index contributed by atoms with van der Waals surface area (Å²) in [4.78, 5) is 10.6. The van der Waals surface area contributed by atoms with Crippen LogP contribution in [0.15, 0.2) is 42.5 Å². The van der Waals surface area contributed by atoms with Gasteiger partial charge in [0.05, 0.1) is 11.6 Å². The maximum Gasteiger partial charge on any atom is 0.360 e. The summed E-state index contributed by atoms with van der Waals surface area (Å²) in [5.41, 5.74) is -1.31. The molecule has 22 heavy (non-hydrogen) atoms. The number of hydrogen-bond donors (Lipinski definition) is 1. The van der Waals surface area contributed by atoms with Crippen molar-refractivity contribution in [2.45, 2.75) is 5.56 Å². The van der Waals surface area contributed by atoms with Crippen molar-refractivity contribution in [3.05, 3.63) is 53.8 Å². The van der Waals surface area contributed by atoms with Gasteiger partial charge in [-0.1, -0.05) is 11.6 Å². The first-order valence-corrected chi connectivity index (χ1v) is 6.44. The van der Waals surface area contributed by atoms with Gasteiger partial charge in [0.15, 0.2) is 11.6 Å². The molecule has 0 saturated heterocycles. The van der Waals surface area contributed by atoms with Gasteiger partial charge in [-0.15, -0.1) is 0 Å². The number of aliphatic carboxylic acids is 1. The van der Waals surface area contributed by atoms with E-state index in [4.69, 9.17) is 31.4 Å². The van der Waals surface area contributed by atoms with Crippen molar-refractivity contribution in [2.24, 2.45) is 0 Å². The van der Waals surface area contributed by atoms with Crippen LogP contribution in [-0.4, -0.2) is 16.6 Å². The molecule has 5 nitrogen and oxygen atoms in total. The van der Waals surface area contributed by atoms with Gasteiger partial charge in [0.1, 0.15) is 11.5 Å². The zero-order valence-corrected chi connectivity index (χ0v) is 11.7. The summed E-state index contributed by atoms with van der Waals surface area (Å²) in [6, 6.07) is 11.5. The topological polar surface area (TPSA) is 79.5 Å². The maximum absolute atomic E-state index is 13.7. The van der Waals surface area contributed by atoms with Crippen molar-refractivity contribution >= 4 is 17.6 Å². The molecule has 0 amide bonds. The van der Waals surface area contributed by atoms with Crippen LogP contribution in [0.25, 0.3) is 0 Å². The number of carboxylic acids is 1. The monoisotopic (exact) mass is 321 g/mol. The number of hydrogen-bond acceptors (Lipinski definition) is 4. The Balaban J connectivity index is 2.08. The SMILES string of the molecule is N#Cc1ccc(Oc2ccc(O[C@H](Cl)C(=O)O)cc2)c(F)c1. The molecule has 0 saturated carbocycles. The molecule has 1 atom stereocenters. The first kappa shape index (κ1) is 15.6. The van der Waals surface area contributed by atoms with E-state index in [-0.39, 0.29) is 17.1 Å². The second kappa shape index (κ2) is 6.78. The molecule has 2 rings (SSSR count). The van der Waals surface area contributed by atoms with E-state index in [9.17, 15) is 9.18 Å². The highest BCUT2D eigenvalue weighted by atomic mass is 35.5. The Hall–Kier alpha value is -2.78. The summed E-state index contributed by atoms with van der Waals surface area (Å²) < 4.78 is 23.9. The third kappa shape index (κ3) is 3.87. The summed E-state index contributed by atoms with van der Waals surface area (Å²) in [5, 5.41) is 17.3. The zero-order valence-electron chi connectivity index (χ0n) is 11.0. The first-order chi connectivity index (χ1) is 10.5. The van der Waals surface area contributed by atoms with Crippen LogP contribution in [0.3, 0.4) is 0 Å². The number of nitriles is 1. The van der Waals surface area contributed by atoms with Crippen molar-refractivity contribution < 1.29 is 23.8 Å². The van der Waals surface area contributed by atoms with Gasteiger partial charge in [0.25, 0.3) is 5.56 Å². The van der Waals surface area contributed by atoms with E-state index >= 15 is 0 Å². The molecule has 7 heteroatoms. The predicted molar refractivity (Wildman–Crippen MR) is 75.5 cm³/mol. The van der Waals surface area contributed by atoms with E-state index in [0.717, 1.165) is 6.07 Å². The normalized spacial score (nSPS) is 11.3.